The predicted octanol–water partition coefficient (Wildman–Crippen LogP) is 5.44. The Morgan fingerprint density at radius 1 is 1.09 bits per heavy atom. The summed E-state index contributed by atoms with van der Waals surface area (Å²) in [6.45, 7) is 3.65. The van der Waals surface area contributed by atoms with E-state index in [1.807, 2.05) is 41.3 Å². The number of nitriles is 1. The number of carbonyl (C=O) groups excluding carboxylic acids is 1. The van der Waals surface area contributed by atoms with Gasteiger partial charge in [0.25, 0.3) is 0 Å². The predicted molar refractivity (Wildman–Crippen MR) is 132 cm³/mol. The fourth-order valence-electron chi connectivity index (χ4n) is 5.62. The number of carbonyl (C=O) groups is 1. The number of nitrogens with one attached hydrogen (secondary N) is 1. The summed E-state index contributed by atoms with van der Waals surface area (Å²) in [7, 11) is 0. The van der Waals surface area contributed by atoms with Crippen LogP contribution in [0.1, 0.15) is 55.6 Å². The molecule has 1 aliphatic heterocycles. The van der Waals surface area contributed by atoms with Gasteiger partial charge in [-0.15, -0.1) is 0 Å². The molecule has 1 aromatic heterocycles. The molecule has 2 aliphatic rings. The molecule has 5 rings (SSSR count). The first-order chi connectivity index (χ1) is 16.2. The number of aromatic nitrogens is 1. The fourth-order valence-corrected chi connectivity index (χ4v) is 5.62. The lowest BCUT2D eigenvalue weighted by Gasteiger charge is -2.31. The van der Waals surface area contributed by atoms with Gasteiger partial charge in [0.15, 0.2) is 0 Å². The molecule has 5 nitrogen and oxygen atoms in total. The number of hydrogen-bond donors (Lipinski definition) is 1. The Kier molecular flexibility index (Phi) is 6.46. The minimum Gasteiger partial charge on any atom is -0.361 e. The van der Waals surface area contributed by atoms with E-state index in [4.69, 9.17) is 0 Å². The molecule has 33 heavy (non-hydrogen) atoms. The van der Waals surface area contributed by atoms with Crippen LogP contribution >= 0.6 is 0 Å². The van der Waals surface area contributed by atoms with Gasteiger partial charge in [0.05, 0.1) is 11.6 Å². The number of nitrogens with zero attached hydrogens (tertiary/aromatic N) is 3. The summed E-state index contributed by atoms with van der Waals surface area (Å²) in [5.74, 6) is 0.926. The summed E-state index contributed by atoms with van der Waals surface area (Å²) in [6, 6.07) is 18.3. The van der Waals surface area contributed by atoms with Crippen molar-refractivity contribution in [2.75, 3.05) is 31.1 Å². The number of anilines is 1. The summed E-state index contributed by atoms with van der Waals surface area (Å²) in [5, 5.41) is 10.5. The van der Waals surface area contributed by atoms with Crippen molar-refractivity contribution in [3.05, 3.63) is 65.9 Å². The molecular weight excluding hydrogens is 408 g/mol. The molecule has 2 aromatic carbocycles. The smallest absolute Gasteiger partial charge is 0.230 e. The average Bonchev–Trinajstić information content (AvgIpc) is 3.51. The van der Waals surface area contributed by atoms with Gasteiger partial charge in [0.1, 0.15) is 0 Å². The second kappa shape index (κ2) is 9.80. The van der Waals surface area contributed by atoms with Gasteiger partial charge < -0.3 is 14.8 Å². The van der Waals surface area contributed by atoms with Gasteiger partial charge in [-0.2, -0.15) is 5.26 Å². The van der Waals surface area contributed by atoms with E-state index in [9.17, 15) is 10.1 Å². The summed E-state index contributed by atoms with van der Waals surface area (Å²) in [5.41, 5.74) is 4.13. The number of H-pyrrole nitrogens is 1. The van der Waals surface area contributed by atoms with Crippen molar-refractivity contribution in [1.29, 1.82) is 5.26 Å². The van der Waals surface area contributed by atoms with E-state index in [0.717, 1.165) is 56.6 Å². The molecule has 0 bridgehead atoms. The summed E-state index contributed by atoms with van der Waals surface area (Å²) in [6.07, 6.45) is 8.87. The van der Waals surface area contributed by atoms with Gasteiger partial charge in [0.2, 0.25) is 5.91 Å². The highest BCUT2D eigenvalue weighted by molar-refractivity contribution is 5.95. The first kappa shape index (κ1) is 21.7. The zero-order valence-electron chi connectivity index (χ0n) is 19.2. The maximum Gasteiger partial charge on any atom is 0.230 e. The number of rotatable bonds is 6. The highest BCUT2D eigenvalue weighted by Gasteiger charge is 2.29. The van der Waals surface area contributed by atoms with Gasteiger partial charge >= 0.3 is 0 Å². The van der Waals surface area contributed by atoms with Crippen LogP contribution in [0.15, 0.2) is 54.7 Å². The molecule has 2 heterocycles. The maximum absolute atomic E-state index is 13.4. The number of amides is 1. The largest absolute Gasteiger partial charge is 0.361 e. The number of likely N-dealkylation sites (tertiary alicyclic amines) is 1. The SMILES string of the molecule is N#Cc1ccc2[nH]cc(C3CCN(CCN(C(=O)C4CCCCC4)c4ccccc4)C3)c2c1. The first-order valence-corrected chi connectivity index (χ1v) is 12.3. The third-order valence-corrected chi connectivity index (χ3v) is 7.48. The van der Waals surface area contributed by atoms with Crippen molar-refractivity contribution < 1.29 is 4.79 Å². The molecular formula is C28H32N4O. The van der Waals surface area contributed by atoms with Crippen LogP contribution in [0, 0.1) is 17.2 Å². The maximum atomic E-state index is 13.4. The molecule has 1 atom stereocenters. The lowest BCUT2D eigenvalue weighted by Crippen LogP contribution is -2.41. The van der Waals surface area contributed by atoms with Crippen molar-refractivity contribution >= 4 is 22.5 Å². The van der Waals surface area contributed by atoms with Crippen molar-refractivity contribution in [1.82, 2.24) is 9.88 Å². The number of fused-ring (bicyclic) bond motifs is 1. The van der Waals surface area contributed by atoms with Crippen molar-refractivity contribution in [3.8, 4) is 6.07 Å². The molecule has 5 heteroatoms. The van der Waals surface area contributed by atoms with Crippen molar-refractivity contribution in [2.24, 2.45) is 5.92 Å². The summed E-state index contributed by atoms with van der Waals surface area (Å²) in [4.78, 5) is 21.3. The second-order valence-electron chi connectivity index (χ2n) is 9.56. The lowest BCUT2D eigenvalue weighted by molar-refractivity contribution is -0.123. The number of hydrogen-bond acceptors (Lipinski definition) is 3. The Morgan fingerprint density at radius 3 is 2.70 bits per heavy atom. The van der Waals surface area contributed by atoms with Crippen LogP contribution < -0.4 is 4.90 Å². The third kappa shape index (κ3) is 4.67. The van der Waals surface area contributed by atoms with Gasteiger partial charge in [-0.3, -0.25) is 4.79 Å². The normalized spacial score (nSPS) is 19.5. The van der Waals surface area contributed by atoms with Crippen LogP contribution in [0.2, 0.25) is 0 Å². The Bertz CT molecular complexity index is 1140. The molecule has 1 saturated carbocycles. The molecule has 2 fully saturated rings. The lowest BCUT2D eigenvalue weighted by atomic mass is 9.88. The Balaban J connectivity index is 1.27. The zero-order chi connectivity index (χ0) is 22.6. The molecule has 1 unspecified atom stereocenters. The molecule has 0 radical (unpaired) electrons. The molecule has 170 valence electrons. The van der Waals surface area contributed by atoms with E-state index in [2.05, 4.69) is 34.3 Å². The topological polar surface area (TPSA) is 63.1 Å². The Labute approximate surface area is 196 Å². The monoisotopic (exact) mass is 440 g/mol. The van der Waals surface area contributed by atoms with E-state index in [1.165, 1.54) is 30.2 Å². The molecule has 3 aromatic rings. The third-order valence-electron chi connectivity index (χ3n) is 7.48. The minimum atomic E-state index is 0.172. The molecule has 1 aliphatic carbocycles. The quantitative estimate of drug-likeness (QED) is 0.555. The van der Waals surface area contributed by atoms with E-state index in [-0.39, 0.29) is 5.92 Å². The van der Waals surface area contributed by atoms with Gasteiger partial charge in [-0.1, -0.05) is 37.5 Å². The number of benzene rings is 2. The molecule has 1 amide bonds. The van der Waals surface area contributed by atoms with Crippen LogP contribution in [0.3, 0.4) is 0 Å². The summed E-state index contributed by atoms with van der Waals surface area (Å²) >= 11 is 0. The molecule has 1 saturated heterocycles. The van der Waals surface area contributed by atoms with Crippen molar-refractivity contribution in [3.63, 3.8) is 0 Å². The second-order valence-corrected chi connectivity index (χ2v) is 9.56. The highest BCUT2D eigenvalue weighted by atomic mass is 16.2. The number of para-hydroxylation sites is 1. The summed E-state index contributed by atoms with van der Waals surface area (Å²) < 4.78 is 0. The van der Waals surface area contributed by atoms with Crippen molar-refractivity contribution in [2.45, 2.75) is 44.4 Å². The molecule has 0 spiro atoms. The minimum absolute atomic E-state index is 0.172. The first-order valence-electron chi connectivity index (χ1n) is 12.3. The van der Waals surface area contributed by atoms with Crippen LogP contribution in [0.25, 0.3) is 10.9 Å². The van der Waals surface area contributed by atoms with E-state index >= 15 is 0 Å². The van der Waals surface area contributed by atoms with Gasteiger partial charge in [0, 0.05) is 48.3 Å². The van der Waals surface area contributed by atoms with Gasteiger partial charge in [-0.25, -0.2) is 0 Å². The Hall–Kier alpha value is -3.10. The van der Waals surface area contributed by atoms with E-state index in [1.54, 1.807) is 0 Å². The van der Waals surface area contributed by atoms with E-state index < -0.39 is 0 Å². The van der Waals surface area contributed by atoms with E-state index in [0.29, 0.717) is 17.4 Å². The van der Waals surface area contributed by atoms with Gasteiger partial charge in [-0.05, 0) is 67.6 Å². The Morgan fingerprint density at radius 2 is 1.91 bits per heavy atom. The highest BCUT2D eigenvalue weighted by Crippen LogP contribution is 2.33. The van der Waals surface area contributed by atoms with Crippen LogP contribution in [-0.2, 0) is 4.79 Å². The molecule has 1 N–H and O–H groups in total. The van der Waals surface area contributed by atoms with Crippen LogP contribution in [0.4, 0.5) is 5.69 Å². The number of aromatic amines is 1. The average molecular weight is 441 g/mol. The fraction of sp³-hybridized carbons (Fsp3) is 0.429. The zero-order valence-corrected chi connectivity index (χ0v) is 19.2. The standard InChI is InChI=1S/C28H32N4O/c29-18-21-11-12-27-25(17-21)26(19-30-27)23-13-14-31(20-23)15-16-32(24-9-5-2-6-10-24)28(33)22-7-3-1-4-8-22/h2,5-6,9-12,17,19,22-23,30H,1,3-4,7-8,13-16,20H2. The van der Waals surface area contributed by atoms with Crippen LogP contribution in [0.5, 0.6) is 0 Å². The van der Waals surface area contributed by atoms with Crippen LogP contribution in [-0.4, -0.2) is 42.0 Å².